The number of pyridine rings is 1. The molecule has 0 saturated carbocycles. The van der Waals surface area contributed by atoms with Gasteiger partial charge in [-0.05, 0) is 13.8 Å². The van der Waals surface area contributed by atoms with Crippen LogP contribution in [-0.2, 0) is 13.1 Å². The molecule has 5 heteroatoms. The number of nitrogens with one attached hydrogen (secondary N) is 1. The number of methoxy groups -OCH3 is 1. The van der Waals surface area contributed by atoms with E-state index in [4.69, 9.17) is 9.26 Å². The molecule has 0 fully saturated rings. The number of rotatable bonds is 5. The van der Waals surface area contributed by atoms with Gasteiger partial charge in [-0.25, -0.2) is 0 Å². The minimum Gasteiger partial charge on any atom is -0.496 e. The maximum absolute atomic E-state index is 5.37. The third kappa shape index (κ3) is 2.68. The summed E-state index contributed by atoms with van der Waals surface area (Å²) in [6.07, 6.45) is 3.40. The molecule has 0 unspecified atom stereocenters. The number of hydrogen-bond acceptors (Lipinski definition) is 5. The second kappa shape index (κ2) is 5.64. The normalized spacial score (nSPS) is 10.6. The maximum Gasteiger partial charge on any atom is 0.128 e. The van der Waals surface area contributed by atoms with Gasteiger partial charge in [0.05, 0.1) is 18.5 Å². The van der Waals surface area contributed by atoms with Crippen molar-refractivity contribution in [3.8, 4) is 5.75 Å². The Morgan fingerprint density at radius 3 is 2.83 bits per heavy atom. The molecule has 2 heterocycles. The van der Waals surface area contributed by atoms with Gasteiger partial charge in [-0.2, -0.15) is 0 Å². The molecule has 0 radical (unpaired) electrons. The number of aromatic nitrogens is 2. The predicted octanol–water partition coefficient (Wildman–Crippen LogP) is 1.98. The Balaban J connectivity index is 2.01. The number of aryl methyl sites for hydroxylation is 1. The van der Waals surface area contributed by atoms with Gasteiger partial charge in [0.2, 0.25) is 0 Å². The first kappa shape index (κ1) is 12.6. The molecule has 5 nitrogen and oxygen atoms in total. The van der Waals surface area contributed by atoms with E-state index in [1.165, 1.54) is 0 Å². The minimum atomic E-state index is 0.661. The van der Waals surface area contributed by atoms with Crippen LogP contribution in [0.15, 0.2) is 23.0 Å². The molecule has 2 rings (SSSR count). The van der Waals surface area contributed by atoms with Crippen LogP contribution in [-0.4, -0.2) is 17.3 Å². The molecule has 0 aliphatic carbocycles. The smallest absolute Gasteiger partial charge is 0.128 e. The summed E-state index contributed by atoms with van der Waals surface area (Å²) in [5.41, 5.74) is 3.99. The quantitative estimate of drug-likeness (QED) is 0.875. The Hall–Kier alpha value is -1.88. The highest BCUT2D eigenvalue weighted by atomic mass is 16.5. The third-order valence-corrected chi connectivity index (χ3v) is 2.84. The van der Waals surface area contributed by atoms with Crippen molar-refractivity contribution in [3.63, 3.8) is 0 Å². The highest BCUT2D eigenvalue weighted by molar-refractivity contribution is 5.40. The molecule has 18 heavy (non-hydrogen) atoms. The third-order valence-electron chi connectivity index (χ3n) is 2.84. The van der Waals surface area contributed by atoms with Crippen molar-refractivity contribution in [2.45, 2.75) is 26.9 Å². The Morgan fingerprint density at radius 2 is 2.17 bits per heavy atom. The van der Waals surface area contributed by atoms with Crippen molar-refractivity contribution in [1.82, 2.24) is 15.5 Å². The molecule has 0 aliphatic rings. The summed E-state index contributed by atoms with van der Waals surface area (Å²) in [5.74, 6) is 0.906. The Labute approximate surface area is 106 Å². The fourth-order valence-corrected chi connectivity index (χ4v) is 1.89. The van der Waals surface area contributed by atoms with Crippen molar-refractivity contribution in [1.29, 1.82) is 0 Å². The summed E-state index contributed by atoms with van der Waals surface area (Å²) in [4.78, 5) is 4.42. The van der Waals surface area contributed by atoms with E-state index in [1.807, 2.05) is 26.1 Å². The molecule has 0 aliphatic heterocycles. The van der Waals surface area contributed by atoms with E-state index in [1.54, 1.807) is 13.4 Å². The molecular weight excluding hydrogens is 230 g/mol. The zero-order valence-corrected chi connectivity index (χ0v) is 10.9. The van der Waals surface area contributed by atoms with Crippen LogP contribution in [0, 0.1) is 13.8 Å². The van der Waals surface area contributed by atoms with E-state index >= 15 is 0 Å². The molecule has 0 atom stereocenters. The van der Waals surface area contributed by atoms with Gasteiger partial charge in [-0.3, -0.25) is 4.98 Å². The summed E-state index contributed by atoms with van der Waals surface area (Å²) in [6.45, 7) is 5.35. The largest absolute Gasteiger partial charge is 0.496 e. The summed E-state index contributed by atoms with van der Waals surface area (Å²) in [6, 6.07) is 1.84. The van der Waals surface area contributed by atoms with Gasteiger partial charge in [0.25, 0.3) is 0 Å². The first-order chi connectivity index (χ1) is 8.72. The van der Waals surface area contributed by atoms with Gasteiger partial charge in [0.1, 0.15) is 12.0 Å². The second-order valence-corrected chi connectivity index (χ2v) is 4.14. The van der Waals surface area contributed by atoms with Crippen molar-refractivity contribution >= 4 is 0 Å². The first-order valence-corrected chi connectivity index (χ1v) is 5.81. The van der Waals surface area contributed by atoms with Gasteiger partial charge in [-0.1, -0.05) is 5.16 Å². The molecule has 0 bridgehead atoms. The molecule has 1 N–H and O–H groups in total. The Bertz CT molecular complexity index is 509. The zero-order valence-electron chi connectivity index (χ0n) is 10.9. The van der Waals surface area contributed by atoms with Gasteiger partial charge in [0.15, 0.2) is 0 Å². The lowest BCUT2D eigenvalue weighted by Crippen LogP contribution is -2.15. The number of hydrogen-bond donors (Lipinski definition) is 1. The van der Waals surface area contributed by atoms with Crippen LogP contribution < -0.4 is 10.1 Å². The van der Waals surface area contributed by atoms with Crippen molar-refractivity contribution in [3.05, 3.63) is 41.0 Å². The van der Waals surface area contributed by atoms with Crippen LogP contribution in [0.1, 0.15) is 22.5 Å². The van der Waals surface area contributed by atoms with Crippen LogP contribution in [0.4, 0.5) is 0 Å². The Kier molecular flexibility index (Phi) is 3.94. The fourth-order valence-electron chi connectivity index (χ4n) is 1.89. The molecular formula is C13H17N3O2. The topological polar surface area (TPSA) is 60.2 Å². The van der Waals surface area contributed by atoms with Crippen LogP contribution in [0.2, 0.25) is 0 Å². The fraction of sp³-hybridized carbons (Fsp3) is 0.385. The average molecular weight is 247 g/mol. The SMILES string of the molecule is COc1c(C)cnc(CNCc2ccon2)c1C. The monoisotopic (exact) mass is 247 g/mol. The van der Waals surface area contributed by atoms with E-state index < -0.39 is 0 Å². The first-order valence-electron chi connectivity index (χ1n) is 5.81. The van der Waals surface area contributed by atoms with E-state index in [0.717, 1.165) is 28.3 Å². The predicted molar refractivity (Wildman–Crippen MR) is 67.3 cm³/mol. The molecule has 0 aromatic carbocycles. The molecule has 2 aromatic rings. The molecule has 0 spiro atoms. The number of ether oxygens (including phenoxy) is 1. The average Bonchev–Trinajstić information content (AvgIpc) is 2.86. The van der Waals surface area contributed by atoms with Gasteiger partial charge < -0.3 is 14.6 Å². The lowest BCUT2D eigenvalue weighted by Gasteiger charge is -2.12. The Morgan fingerprint density at radius 1 is 1.33 bits per heavy atom. The summed E-state index contributed by atoms with van der Waals surface area (Å²) >= 11 is 0. The lowest BCUT2D eigenvalue weighted by atomic mass is 10.1. The lowest BCUT2D eigenvalue weighted by molar-refractivity contribution is 0.405. The molecule has 2 aromatic heterocycles. The molecule has 0 amide bonds. The van der Waals surface area contributed by atoms with Crippen molar-refractivity contribution in [2.75, 3.05) is 7.11 Å². The standard InChI is InChI=1S/C13H17N3O2/c1-9-6-15-12(10(2)13(9)17-3)8-14-7-11-4-5-18-16-11/h4-6,14H,7-8H2,1-3H3. The van der Waals surface area contributed by atoms with Crippen LogP contribution in [0.25, 0.3) is 0 Å². The van der Waals surface area contributed by atoms with Gasteiger partial charge in [-0.15, -0.1) is 0 Å². The maximum atomic E-state index is 5.37. The summed E-state index contributed by atoms with van der Waals surface area (Å²) in [5, 5.41) is 7.11. The van der Waals surface area contributed by atoms with Gasteiger partial charge >= 0.3 is 0 Å². The number of nitrogens with zero attached hydrogens (tertiary/aromatic N) is 2. The van der Waals surface area contributed by atoms with E-state index in [2.05, 4.69) is 15.5 Å². The van der Waals surface area contributed by atoms with Crippen molar-refractivity contribution < 1.29 is 9.26 Å². The van der Waals surface area contributed by atoms with E-state index in [0.29, 0.717) is 13.1 Å². The summed E-state index contributed by atoms with van der Waals surface area (Å²) in [7, 11) is 1.68. The second-order valence-electron chi connectivity index (χ2n) is 4.14. The summed E-state index contributed by atoms with van der Waals surface area (Å²) < 4.78 is 10.1. The van der Waals surface area contributed by atoms with E-state index in [-0.39, 0.29) is 0 Å². The molecule has 0 saturated heterocycles. The minimum absolute atomic E-state index is 0.661. The van der Waals surface area contributed by atoms with Crippen LogP contribution in [0.3, 0.4) is 0 Å². The van der Waals surface area contributed by atoms with Crippen LogP contribution >= 0.6 is 0 Å². The van der Waals surface area contributed by atoms with Gasteiger partial charge in [0, 0.05) is 36.5 Å². The van der Waals surface area contributed by atoms with Crippen LogP contribution in [0.5, 0.6) is 5.75 Å². The van der Waals surface area contributed by atoms with E-state index in [9.17, 15) is 0 Å². The highest BCUT2D eigenvalue weighted by Crippen LogP contribution is 2.23. The molecule has 96 valence electrons. The van der Waals surface area contributed by atoms with Crippen molar-refractivity contribution in [2.24, 2.45) is 0 Å². The zero-order chi connectivity index (χ0) is 13.0. The highest BCUT2D eigenvalue weighted by Gasteiger charge is 2.09.